The maximum atomic E-state index is 12.8. The van der Waals surface area contributed by atoms with E-state index in [1.165, 1.54) is 6.07 Å². The zero-order valence-corrected chi connectivity index (χ0v) is 8.27. The van der Waals surface area contributed by atoms with Crippen LogP contribution in [-0.4, -0.2) is 6.67 Å². The quantitative estimate of drug-likeness (QED) is 0.698. The van der Waals surface area contributed by atoms with Gasteiger partial charge in [0, 0.05) is 12.5 Å². The van der Waals surface area contributed by atoms with E-state index in [4.69, 9.17) is 4.74 Å². The van der Waals surface area contributed by atoms with Crippen LogP contribution in [0.4, 0.5) is 13.2 Å². The molecular weight excluding hydrogens is 205 g/mol. The zero-order valence-electron chi connectivity index (χ0n) is 8.27. The van der Waals surface area contributed by atoms with Crippen LogP contribution in [0.15, 0.2) is 30.0 Å². The van der Waals surface area contributed by atoms with Crippen molar-refractivity contribution in [3.05, 3.63) is 41.7 Å². The van der Waals surface area contributed by atoms with Gasteiger partial charge in [-0.15, -0.1) is 0 Å². The minimum Gasteiger partial charge on any atom is -0.462 e. The summed E-state index contributed by atoms with van der Waals surface area (Å²) < 4.78 is 42.5. The third-order valence-electron chi connectivity index (χ3n) is 1.80. The topological polar surface area (TPSA) is 9.23 Å². The lowest BCUT2D eigenvalue weighted by Crippen LogP contribution is -1.97. The highest BCUT2D eigenvalue weighted by molar-refractivity contribution is 5.25. The molecule has 0 amide bonds. The summed E-state index contributed by atoms with van der Waals surface area (Å²) in [5.74, 6) is -1.36. The molecule has 1 aromatic carbocycles. The molecule has 0 aliphatic rings. The number of halogens is 3. The molecule has 0 spiro atoms. The normalized spacial score (nSPS) is 11.6. The Labute approximate surface area is 86.2 Å². The molecule has 15 heavy (non-hydrogen) atoms. The first kappa shape index (κ1) is 11.6. The highest BCUT2D eigenvalue weighted by atomic mass is 19.2. The van der Waals surface area contributed by atoms with Crippen LogP contribution in [0.1, 0.15) is 13.3 Å². The first-order valence-corrected chi connectivity index (χ1v) is 4.51. The fraction of sp³-hybridized carbons (Fsp3) is 0.273. The van der Waals surface area contributed by atoms with Gasteiger partial charge in [-0.05, 0) is 25.1 Å². The average molecular weight is 216 g/mol. The lowest BCUT2D eigenvalue weighted by Gasteiger charge is -2.08. The number of ether oxygens (including phenoxy) is 1. The fourth-order valence-electron chi connectivity index (χ4n) is 1.04. The summed E-state index contributed by atoms with van der Waals surface area (Å²) in [6, 6.07) is 3.19. The fourth-order valence-corrected chi connectivity index (χ4v) is 1.04. The Balaban J connectivity index is 2.76. The molecule has 4 heteroatoms. The Hall–Kier alpha value is -1.45. The maximum absolute atomic E-state index is 12.8. The summed E-state index contributed by atoms with van der Waals surface area (Å²) in [5, 5.41) is 0. The first-order chi connectivity index (χ1) is 7.17. The summed E-state index contributed by atoms with van der Waals surface area (Å²) >= 11 is 0. The molecule has 1 rings (SSSR count). The Bertz CT molecular complexity index is 361. The summed E-state index contributed by atoms with van der Waals surface area (Å²) in [4.78, 5) is 0. The second-order valence-electron chi connectivity index (χ2n) is 2.87. The van der Waals surface area contributed by atoms with Gasteiger partial charge in [-0.3, -0.25) is 4.39 Å². The van der Waals surface area contributed by atoms with E-state index in [2.05, 4.69) is 0 Å². The van der Waals surface area contributed by atoms with Gasteiger partial charge in [0.25, 0.3) is 0 Å². The van der Waals surface area contributed by atoms with Crippen LogP contribution in [0.5, 0.6) is 5.75 Å². The second-order valence-corrected chi connectivity index (χ2v) is 2.87. The molecule has 0 unspecified atom stereocenters. The van der Waals surface area contributed by atoms with Crippen molar-refractivity contribution in [2.75, 3.05) is 6.67 Å². The number of rotatable bonds is 4. The third-order valence-corrected chi connectivity index (χ3v) is 1.80. The van der Waals surface area contributed by atoms with Crippen LogP contribution in [0, 0.1) is 11.6 Å². The van der Waals surface area contributed by atoms with Crippen molar-refractivity contribution < 1.29 is 17.9 Å². The second kappa shape index (κ2) is 5.44. The predicted molar refractivity (Wildman–Crippen MR) is 51.3 cm³/mol. The van der Waals surface area contributed by atoms with Gasteiger partial charge in [0.2, 0.25) is 0 Å². The van der Waals surface area contributed by atoms with E-state index in [-0.39, 0.29) is 12.2 Å². The van der Waals surface area contributed by atoms with Crippen molar-refractivity contribution in [2.45, 2.75) is 13.3 Å². The Morgan fingerprint density at radius 1 is 1.33 bits per heavy atom. The smallest absolute Gasteiger partial charge is 0.162 e. The van der Waals surface area contributed by atoms with Gasteiger partial charge in [-0.1, -0.05) is 0 Å². The number of alkyl halides is 1. The minimum absolute atomic E-state index is 0.121. The van der Waals surface area contributed by atoms with Gasteiger partial charge in [-0.25, -0.2) is 8.78 Å². The maximum Gasteiger partial charge on any atom is 0.162 e. The lowest BCUT2D eigenvalue weighted by molar-refractivity contribution is 0.367. The SMILES string of the molecule is CC=C(CCF)Oc1ccc(F)c(F)c1. The molecule has 1 nitrogen and oxygen atoms in total. The molecule has 0 saturated heterocycles. The molecule has 0 saturated carbocycles. The van der Waals surface area contributed by atoms with E-state index in [9.17, 15) is 13.2 Å². The average Bonchev–Trinajstić information content (AvgIpc) is 2.23. The molecule has 0 N–H and O–H groups in total. The van der Waals surface area contributed by atoms with Crippen LogP contribution in [-0.2, 0) is 0 Å². The largest absolute Gasteiger partial charge is 0.462 e. The number of hydrogen-bond donors (Lipinski definition) is 0. The Kier molecular flexibility index (Phi) is 4.21. The molecule has 1 aromatic rings. The molecule has 82 valence electrons. The highest BCUT2D eigenvalue weighted by Gasteiger charge is 2.05. The molecule has 0 radical (unpaired) electrons. The standard InChI is InChI=1S/C11H11F3O/c1-2-8(5-6-12)15-9-3-4-10(13)11(14)7-9/h2-4,7H,5-6H2,1H3. The molecule has 0 atom stereocenters. The van der Waals surface area contributed by atoms with E-state index in [0.717, 1.165) is 12.1 Å². The van der Waals surface area contributed by atoms with Crippen molar-refractivity contribution in [1.82, 2.24) is 0 Å². The number of hydrogen-bond acceptors (Lipinski definition) is 1. The van der Waals surface area contributed by atoms with Crippen LogP contribution in [0.2, 0.25) is 0 Å². The van der Waals surface area contributed by atoms with Crippen LogP contribution in [0.25, 0.3) is 0 Å². The van der Waals surface area contributed by atoms with Crippen LogP contribution < -0.4 is 4.74 Å². The van der Waals surface area contributed by atoms with E-state index in [0.29, 0.717) is 5.76 Å². The van der Waals surface area contributed by atoms with Crippen molar-refractivity contribution in [3.63, 3.8) is 0 Å². The lowest BCUT2D eigenvalue weighted by atomic mass is 10.3. The predicted octanol–water partition coefficient (Wildman–Crippen LogP) is 3.61. The summed E-state index contributed by atoms with van der Waals surface area (Å²) in [6.45, 7) is 1.13. The third kappa shape index (κ3) is 3.31. The first-order valence-electron chi connectivity index (χ1n) is 4.51. The van der Waals surface area contributed by atoms with Crippen molar-refractivity contribution in [2.24, 2.45) is 0 Å². The monoisotopic (exact) mass is 216 g/mol. The number of benzene rings is 1. The van der Waals surface area contributed by atoms with E-state index >= 15 is 0 Å². The van der Waals surface area contributed by atoms with Gasteiger partial charge in [-0.2, -0.15) is 0 Å². The van der Waals surface area contributed by atoms with Crippen molar-refractivity contribution in [1.29, 1.82) is 0 Å². The highest BCUT2D eigenvalue weighted by Crippen LogP contribution is 2.18. The van der Waals surface area contributed by atoms with Crippen molar-refractivity contribution >= 4 is 0 Å². The summed E-state index contributed by atoms with van der Waals surface area (Å²) in [6.07, 6.45) is 1.70. The Morgan fingerprint density at radius 3 is 2.60 bits per heavy atom. The Morgan fingerprint density at radius 2 is 2.07 bits per heavy atom. The molecule has 0 aliphatic heterocycles. The molecule has 0 aromatic heterocycles. The van der Waals surface area contributed by atoms with Crippen LogP contribution in [0.3, 0.4) is 0 Å². The molecular formula is C11H11F3O. The van der Waals surface area contributed by atoms with E-state index in [1.807, 2.05) is 0 Å². The molecule has 0 bridgehead atoms. The van der Waals surface area contributed by atoms with Gasteiger partial charge in [0.05, 0.1) is 6.67 Å². The minimum atomic E-state index is -0.983. The van der Waals surface area contributed by atoms with Gasteiger partial charge in [0.1, 0.15) is 11.5 Å². The van der Waals surface area contributed by atoms with E-state index < -0.39 is 18.3 Å². The van der Waals surface area contributed by atoms with Gasteiger partial charge < -0.3 is 4.74 Å². The van der Waals surface area contributed by atoms with Crippen molar-refractivity contribution in [3.8, 4) is 5.75 Å². The number of allylic oxidation sites excluding steroid dienone is 2. The molecule has 0 heterocycles. The molecule has 0 aliphatic carbocycles. The van der Waals surface area contributed by atoms with Gasteiger partial charge in [0.15, 0.2) is 11.6 Å². The zero-order chi connectivity index (χ0) is 11.3. The summed E-state index contributed by atoms with van der Waals surface area (Å²) in [5.41, 5.74) is 0. The summed E-state index contributed by atoms with van der Waals surface area (Å²) in [7, 11) is 0. The molecule has 0 fully saturated rings. The van der Waals surface area contributed by atoms with Gasteiger partial charge >= 0.3 is 0 Å². The van der Waals surface area contributed by atoms with Crippen LogP contribution >= 0.6 is 0 Å². The van der Waals surface area contributed by atoms with E-state index in [1.54, 1.807) is 13.0 Å².